The smallest absolute Gasteiger partial charge is 0.423 e. The lowest BCUT2D eigenvalue weighted by Gasteiger charge is -2.31. The third-order valence-corrected chi connectivity index (χ3v) is 3.98. The summed E-state index contributed by atoms with van der Waals surface area (Å²) < 4.78 is 14.1. The molecule has 1 aliphatic carbocycles. The fraction of sp³-hybridized carbons (Fsp3) is 0.500. The van der Waals surface area contributed by atoms with Crippen LogP contribution in [-0.2, 0) is 0 Å². The predicted octanol–water partition coefficient (Wildman–Crippen LogP) is 0.910. The van der Waals surface area contributed by atoms with E-state index in [0.29, 0.717) is 0 Å². The van der Waals surface area contributed by atoms with Crippen LogP contribution < -0.4 is 5.46 Å². The van der Waals surface area contributed by atoms with Crippen LogP contribution in [0.15, 0.2) is 18.2 Å². The second kappa shape index (κ2) is 6.37. The van der Waals surface area contributed by atoms with Crippen LogP contribution in [0.5, 0.6) is 0 Å². The third kappa shape index (κ3) is 3.02. The number of carbonyl (C=O) groups is 1. The Labute approximate surface area is 118 Å². The molecule has 0 atom stereocenters. The van der Waals surface area contributed by atoms with Crippen molar-refractivity contribution in [2.24, 2.45) is 0 Å². The van der Waals surface area contributed by atoms with Crippen molar-refractivity contribution in [1.29, 1.82) is 0 Å². The molecule has 0 aromatic heterocycles. The van der Waals surface area contributed by atoms with Crippen molar-refractivity contribution < 1.29 is 19.2 Å². The molecule has 0 radical (unpaired) electrons. The van der Waals surface area contributed by atoms with Crippen LogP contribution in [0.4, 0.5) is 4.39 Å². The van der Waals surface area contributed by atoms with Gasteiger partial charge >= 0.3 is 7.12 Å². The van der Waals surface area contributed by atoms with Gasteiger partial charge in [-0.3, -0.25) is 4.79 Å². The standard InChI is InChI=1S/C14H19BFNO3/c1-17(10-6-3-2-4-7-10)14(18)11-8-5-9-12(13(11)16)15(19)20/h5,8-10,19-20H,2-4,6-7H2,1H3. The fourth-order valence-electron chi connectivity index (χ4n) is 2.74. The zero-order valence-electron chi connectivity index (χ0n) is 11.6. The van der Waals surface area contributed by atoms with Crippen molar-refractivity contribution in [1.82, 2.24) is 4.90 Å². The van der Waals surface area contributed by atoms with Gasteiger partial charge in [0, 0.05) is 18.6 Å². The summed E-state index contributed by atoms with van der Waals surface area (Å²) in [6.07, 6.45) is 5.22. The number of nitrogens with zero attached hydrogens (tertiary/aromatic N) is 1. The highest BCUT2D eigenvalue weighted by Crippen LogP contribution is 2.23. The van der Waals surface area contributed by atoms with Gasteiger partial charge in [-0.05, 0) is 18.9 Å². The predicted molar refractivity (Wildman–Crippen MR) is 75.2 cm³/mol. The molecular weight excluding hydrogens is 260 g/mol. The van der Waals surface area contributed by atoms with Gasteiger partial charge in [-0.25, -0.2) is 4.39 Å². The number of rotatable bonds is 3. The molecule has 0 aliphatic heterocycles. The summed E-state index contributed by atoms with van der Waals surface area (Å²) in [6, 6.07) is 4.23. The maximum absolute atomic E-state index is 14.1. The Morgan fingerprint density at radius 2 is 1.95 bits per heavy atom. The Bertz CT molecular complexity index is 489. The van der Waals surface area contributed by atoms with Crippen LogP contribution in [0.1, 0.15) is 42.5 Å². The van der Waals surface area contributed by atoms with E-state index in [0.717, 1.165) is 25.7 Å². The number of hydrogen-bond acceptors (Lipinski definition) is 3. The minimum atomic E-state index is -1.91. The average Bonchev–Trinajstić information content (AvgIpc) is 2.46. The molecule has 1 aromatic rings. The highest BCUT2D eigenvalue weighted by Gasteiger charge is 2.27. The summed E-state index contributed by atoms with van der Waals surface area (Å²) in [7, 11) is -0.234. The summed E-state index contributed by atoms with van der Waals surface area (Å²) in [5, 5.41) is 18.2. The van der Waals surface area contributed by atoms with Crippen molar-refractivity contribution in [3.05, 3.63) is 29.6 Å². The van der Waals surface area contributed by atoms with Gasteiger partial charge in [0.25, 0.3) is 5.91 Å². The van der Waals surface area contributed by atoms with Crippen molar-refractivity contribution in [3.63, 3.8) is 0 Å². The highest BCUT2D eigenvalue weighted by atomic mass is 19.1. The molecule has 0 saturated heterocycles. The molecule has 0 unspecified atom stereocenters. The van der Waals surface area contributed by atoms with Gasteiger partial charge in [0.15, 0.2) is 0 Å². The van der Waals surface area contributed by atoms with Crippen LogP contribution in [0.25, 0.3) is 0 Å². The number of carbonyl (C=O) groups excluding carboxylic acids is 1. The molecule has 1 amide bonds. The molecular formula is C14H19BFNO3. The Kier molecular flexibility index (Phi) is 4.78. The Morgan fingerprint density at radius 3 is 2.55 bits per heavy atom. The van der Waals surface area contributed by atoms with Crippen LogP contribution in [-0.4, -0.2) is 41.1 Å². The first-order chi connectivity index (χ1) is 9.52. The number of hydrogen-bond donors (Lipinski definition) is 2. The topological polar surface area (TPSA) is 60.8 Å². The molecule has 1 fully saturated rings. The molecule has 0 heterocycles. The molecule has 2 N–H and O–H groups in total. The van der Waals surface area contributed by atoms with Crippen molar-refractivity contribution in [2.45, 2.75) is 38.1 Å². The van der Waals surface area contributed by atoms with Crippen LogP contribution in [0.2, 0.25) is 0 Å². The summed E-state index contributed by atoms with van der Waals surface area (Å²) in [5.41, 5.74) is -0.378. The molecule has 1 aliphatic rings. The third-order valence-electron chi connectivity index (χ3n) is 3.98. The minimum Gasteiger partial charge on any atom is -0.423 e. The molecule has 6 heteroatoms. The molecule has 20 heavy (non-hydrogen) atoms. The van der Waals surface area contributed by atoms with Crippen molar-refractivity contribution in [2.75, 3.05) is 7.05 Å². The van der Waals surface area contributed by atoms with Gasteiger partial charge in [-0.1, -0.05) is 31.4 Å². The van der Waals surface area contributed by atoms with Crippen molar-refractivity contribution in [3.8, 4) is 0 Å². The second-order valence-corrected chi connectivity index (χ2v) is 5.29. The summed E-state index contributed by atoms with van der Waals surface area (Å²) in [4.78, 5) is 13.9. The van der Waals surface area contributed by atoms with E-state index in [1.165, 1.54) is 24.6 Å². The second-order valence-electron chi connectivity index (χ2n) is 5.29. The van der Waals surface area contributed by atoms with E-state index in [1.54, 1.807) is 11.9 Å². The largest absolute Gasteiger partial charge is 0.491 e. The molecule has 0 bridgehead atoms. The monoisotopic (exact) mass is 279 g/mol. The molecule has 1 aromatic carbocycles. The lowest BCUT2D eigenvalue weighted by molar-refractivity contribution is 0.0692. The Hall–Kier alpha value is -1.40. The van der Waals surface area contributed by atoms with E-state index in [1.807, 2.05) is 0 Å². The van der Waals surface area contributed by atoms with E-state index in [2.05, 4.69) is 0 Å². The summed E-state index contributed by atoms with van der Waals surface area (Å²) in [6.45, 7) is 0. The van der Waals surface area contributed by atoms with E-state index in [-0.39, 0.29) is 17.1 Å². The average molecular weight is 279 g/mol. The van der Waals surface area contributed by atoms with Gasteiger partial charge in [0.1, 0.15) is 5.82 Å². The van der Waals surface area contributed by atoms with Crippen LogP contribution in [0.3, 0.4) is 0 Å². The summed E-state index contributed by atoms with van der Waals surface area (Å²) in [5.74, 6) is -1.26. The number of halogens is 1. The SMILES string of the molecule is CN(C(=O)c1cccc(B(O)O)c1F)C1CCCCC1. The first-order valence-electron chi connectivity index (χ1n) is 6.94. The fourth-order valence-corrected chi connectivity index (χ4v) is 2.74. The van der Waals surface area contributed by atoms with Crippen LogP contribution >= 0.6 is 0 Å². The highest BCUT2D eigenvalue weighted by molar-refractivity contribution is 6.58. The maximum atomic E-state index is 14.1. The van der Waals surface area contributed by atoms with Gasteiger partial charge in [-0.2, -0.15) is 0 Å². The molecule has 1 saturated carbocycles. The molecule has 108 valence electrons. The normalized spacial score (nSPS) is 16.0. The summed E-state index contributed by atoms with van der Waals surface area (Å²) >= 11 is 0. The minimum absolute atomic E-state index is 0.108. The van der Waals surface area contributed by atoms with E-state index in [9.17, 15) is 9.18 Å². The van der Waals surface area contributed by atoms with Gasteiger partial charge in [-0.15, -0.1) is 0 Å². The quantitative estimate of drug-likeness (QED) is 0.808. The van der Waals surface area contributed by atoms with Crippen molar-refractivity contribution >= 4 is 18.5 Å². The van der Waals surface area contributed by atoms with E-state index >= 15 is 0 Å². The van der Waals surface area contributed by atoms with Crippen LogP contribution in [0, 0.1) is 5.82 Å². The van der Waals surface area contributed by atoms with Gasteiger partial charge < -0.3 is 14.9 Å². The Morgan fingerprint density at radius 1 is 1.30 bits per heavy atom. The first-order valence-corrected chi connectivity index (χ1v) is 6.94. The first kappa shape index (κ1) is 15.0. The Balaban J connectivity index is 2.22. The van der Waals surface area contributed by atoms with E-state index in [4.69, 9.17) is 10.0 Å². The molecule has 0 spiro atoms. The van der Waals surface area contributed by atoms with Gasteiger partial charge in [0.2, 0.25) is 0 Å². The van der Waals surface area contributed by atoms with E-state index < -0.39 is 18.8 Å². The lowest BCUT2D eigenvalue weighted by atomic mass is 9.79. The maximum Gasteiger partial charge on any atom is 0.491 e. The number of amides is 1. The number of benzene rings is 1. The lowest BCUT2D eigenvalue weighted by Crippen LogP contribution is -2.40. The zero-order chi connectivity index (χ0) is 14.7. The zero-order valence-corrected chi connectivity index (χ0v) is 11.6. The van der Waals surface area contributed by atoms with Gasteiger partial charge in [0.05, 0.1) is 5.56 Å². The molecule has 4 nitrogen and oxygen atoms in total. The molecule has 2 rings (SSSR count).